The molecule has 2 aromatic carbocycles. The molecule has 206 valence electrons. The molecule has 10 nitrogen and oxygen atoms in total. The number of aliphatic hydroxyl groups is 1. The summed E-state index contributed by atoms with van der Waals surface area (Å²) in [5.41, 5.74) is -0.113. The number of hydrogen-bond donors (Lipinski definition) is 1. The van der Waals surface area contributed by atoms with Crippen molar-refractivity contribution in [2.45, 2.75) is 76.3 Å². The molecular formula is C28H36N2O8. The molecule has 1 aliphatic heterocycles. The van der Waals surface area contributed by atoms with E-state index in [-0.39, 0.29) is 23.9 Å². The smallest absolute Gasteiger partial charge is 0.269 e. The summed E-state index contributed by atoms with van der Waals surface area (Å²) in [7, 11) is 0. The van der Waals surface area contributed by atoms with Gasteiger partial charge in [-0.25, -0.2) is 0 Å². The number of rotatable bonds is 16. The molecule has 0 bridgehead atoms. The molecule has 38 heavy (non-hydrogen) atoms. The van der Waals surface area contributed by atoms with Gasteiger partial charge in [-0.3, -0.25) is 20.2 Å². The molecule has 3 rings (SSSR count). The average Bonchev–Trinajstić information content (AvgIpc) is 3.25. The molecule has 1 unspecified atom stereocenters. The predicted octanol–water partition coefficient (Wildman–Crippen LogP) is 6.01. The van der Waals surface area contributed by atoms with Crippen molar-refractivity contribution in [1.29, 1.82) is 0 Å². The molecule has 2 aromatic rings. The summed E-state index contributed by atoms with van der Waals surface area (Å²) in [4.78, 5) is 21.1. The lowest BCUT2D eigenvalue weighted by molar-refractivity contribution is -0.385. The van der Waals surface area contributed by atoms with Gasteiger partial charge in [0, 0.05) is 24.3 Å². The lowest BCUT2D eigenvalue weighted by atomic mass is 9.92. The fourth-order valence-corrected chi connectivity index (χ4v) is 4.69. The Morgan fingerprint density at radius 3 is 1.89 bits per heavy atom. The maximum atomic E-state index is 11.1. The van der Waals surface area contributed by atoms with Crippen LogP contribution < -0.4 is 9.47 Å². The minimum absolute atomic E-state index is 0.0510. The van der Waals surface area contributed by atoms with Crippen LogP contribution in [0.5, 0.6) is 11.5 Å². The van der Waals surface area contributed by atoms with Crippen LogP contribution in [0.1, 0.15) is 51.9 Å². The summed E-state index contributed by atoms with van der Waals surface area (Å²) in [5.74, 6) is 0.887. The van der Waals surface area contributed by atoms with Gasteiger partial charge in [0.1, 0.15) is 23.7 Å². The SMILES string of the molecule is C=CCCCCCCCC(C)[C@@H]1O[C@H](CO)[C@@H](Oc2ccc([N+](=O)[O-])cc2)[C@@H]1Oc1ccc([N+](=O)[O-])cc1. The molecule has 1 fully saturated rings. The Bertz CT molecular complexity index is 1040. The van der Waals surface area contributed by atoms with Gasteiger partial charge >= 0.3 is 0 Å². The minimum atomic E-state index is -0.706. The number of unbranched alkanes of at least 4 members (excludes halogenated alkanes) is 5. The number of allylic oxidation sites excluding steroid dienone is 1. The molecule has 1 aliphatic rings. The van der Waals surface area contributed by atoms with Gasteiger partial charge in [-0.05, 0) is 49.4 Å². The number of ether oxygens (including phenoxy) is 3. The Morgan fingerprint density at radius 2 is 1.39 bits per heavy atom. The van der Waals surface area contributed by atoms with Crippen LogP contribution in [-0.2, 0) is 4.74 Å². The van der Waals surface area contributed by atoms with Gasteiger partial charge < -0.3 is 19.3 Å². The van der Waals surface area contributed by atoms with E-state index in [4.69, 9.17) is 14.2 Å². The topological polar surface area (TPSA) is 134 Å². The third-order valence-electron chi connectivity index (χ3n) is 6.79. The largest absolute Gasteiger partial charge is 0.484 e. The van der Waals surface area contributed by atoms with Crippen LogP contribution in [0.15, 0.2) is 61.2 Å². The number of nitro benzene ring substituents is 2. The molecule has 0 aliphatic carbocycles. The Balaban J connectivity index is 1.75. The van der Waals surface area contributed by atoms with Gasteiger partial charge in [0.25, 0.3) is 11.4 Å². The molecule has 1 saturated heterocycles. The van der Waals surface area contributed by atoms with Gasteiger partial charge in [0.05, 0.1) is 16.5 Å². The number of nitrogens with zero attached hydrogens (tertiary/aromatic N) is 2. The van der Waals surface area contributed by atoms with E-state index in [0.29, 0.717) is 11.5 Å². The fraction of sp³-hybridized carbons (Fsp3) is 0.500. The number of non-ortho nitro benzene ring substituents is 2. The summed E-state index contributed by atoms with van der Waals surface area (Å²) in [6, 6.07) is 11.5. The quantitative estimate of drug-likeness (QED) is 0.121. The summed E-state index contributed by atoms with van der Waals surface area (Å²) in [6.07, 6.45) is 7.07. The Hall–Kier alpha value is -3.50. The molecule has 0 amide bonds. The summed E-state index contributed by atoms with van der Waals surface area (Å²) >= 11 is 0. The van der Waals surface area contributed by atoms with Crippen LogP contribution in [0.4, 0.5) is 11.4 Å². The molecular weight excluding hydrogens is 492 g/mol. The van der Waals surface area contributed by atoms with Crippen LogP contribution in [-0.4, -0.2) is 46.0 Å². The van der Waals surface area contributed by atoms with Crippen LogP contribution in [0.2, 0.25) is 0 Å². The first-order valence-corrected chi connectivity index (χ1v) is 13.0. The van der Waals surface area contributed by atoms with Crippen molar-refractivity contribution >= 4 is 11.4 Å². The van der Waals surface area contributed by atoms with E-state index in [9.17, 15) is 25.3 Å². The first-order valence-electron chi connectivity index (χ1n) is 13.0. The van der Waals surface area contributed by atoms with Crippen molar-refractivity contribution in [2.24, 2.45) is 5.92 Å². The number of benzene rings is 2. The Kier molecular flexibility index (Phi) is 11.0. The van der Waals surface area contributed by atoms with Gasteiger partial charge in [-0.1, -0.05) is 38.7 Å². The normalized spacial score (nSPS) is 21.5. The highest BCUT2D eigenvalue weighted by Gasteiger charge is 2.49. The Labute approximate surface area is 222 Å². The predicted molar refractivity (Wildman–Crippen MR) is 142 cm³/mol. The van der Waals surface area contributed by atoms with Crippen molar-refractivity contribution in [3.05, 3.63) is 81.4 Å². The van der Waals surface area contributed by atoms with E-state index in [1.165, 1.54) is 55.0 Å². The molecule has 0 aromatic heterocycles. The third-order valence-corrected chi connectivity index (χ3v) is 6.79. The Morgan fingerprint density at radius 1 is 0.895 bits per heavy atom. The maximum absolute atomic E-state index is 11.1. The molecule has 1 heterocycles. The number of nitro groups is 2. The molecule has 1 N–H and O–H groups in total. The highest BCUT2D eigenvalue weighted by Crippen LogP contribution is 2.35. The van der Waals surface area contributed by atoms with E-state index in [1.807, 2.05) is 6.08 Å². The lowest BCUT2D eigenvalue weighted by Crippen LogP contribution is -2.44. The summed E-state index contributed by atoms with van der Waals surface area (Å²) in [6.45, 7) is 5.54. The van der Waals surface area contributed by atoms with Crippen LogP contribution in [0.3, 0.4) is 0 Å². The highest BCUT2D eigenvalue weighted by molar-refractivity contribution is 5.37. The first-order chi connectivity index (χ1) is 18.3. The molecule has 0 radical (unpaired) electrons. The zero-order valence-electron chi connectivity index (χ0n) is 21.6. The van der Waals surface area contributed by atoms with Gasteiger partial charge in [0.15, 0.2) is 12.2 Å². The van der Waals surface area contributed by atoms with Crippen LogP contribution >= 0.6 is 0 Å². The number of aliphatic hydroxyl groups excluding tert-OH is 1. The first kappa shape index (κ1) is 29.1. The lowest BCUT2D eigenvalue weighted by Gasteiger charge is -2.28. The monoisotopic (exact) mass is 528 g/mol. The summed E-state index contributed by atoms with van der Waals surface area (Å²) in [5, 5.41) is 32.2. The van der Waals surface area contributed by atoms with Crippen molar-refractivity contribution in [1.82, 2.24) is 0 Å². The zero-order valence-corrected chi connectivity index (χ0v) is 21.6. The molecule has 0 spiro atoms. The highest BCUT2D eigenvalue weighted by atomic mass is 16.6. The molecule has 10 heteroatoms. The molecule has 5 atom stereocenters. The van der Waals surface area contributed by atoms with E-state index in [2.05, 4.69) is 13.5 Å². The van der Waals surface area contributed by atoms with Crippen molar-refractivity contribution < 1.29 is 29.2 Å². The molecule has 0 saturated carbocycles. The standard InChI is InChI=1S/C28H36N2O8/c1-3-4-5-6-7-8-9-10-20(2)26-28(37-24-17-13-22(14-18-24)30(34)35)27(25(19-31)38-26)36-23-15-11-21(12-16-23)29(32)33/h3,11-18,20,25-28,31H,1,4-10,19H2,2H3/t20?,25-,26+,27-,28-/m1/s1. The van der Waals surface area contributed by atoms with Crippen molar-refractivity contribution in [3.63, 3.8) is 0 Å². The zero-order chi connectivity index (χ0) is 27.5. The van der Waals surface area contributed by atoms with E-state index in [0.717, 1.165) is 38.5 Å². The fourth-order valence-electron chi connectivity index (χ4n) is 4.69. The second-order valence-electron chi connectivity index (χ2n) is 9.60. The number of hydrogen-bond acceptors (Lipinski definition) is 8. The maximum Gasteiger partial charge on any atom is 0.269 e. The van der Waals surface area contributed by atoms with Gasteiger partial charge in [-0.2, -0.15) is 0 Å². The van der Waals surface area contributed by atoms with E-state index < -0.39 is 34.3 Å². The van der Waals surface area contributed by atoms with Crippen molar-refractivity contribution in [3.8, 4) is 11.5 Å². The summed E-state index contributed by atoms with van der Waals surface area (Å²) < 4.78 is 18.7. The van der Waals surface area contributed by atoms with Gasteiger partial charge in [-0.15, -0.1) is 6.58 Å². The second-order valence-corrected chi connectivity index (χ2v) is 9.60. The van der Waals surface area contributed by atoms with Gasteiger partial charge in [0.2, 0.25) is 0 Å². The minimum Gasteiger partial charge on any atom is -0.484 e. The second kappa shape index (κ2) is 14.4. The third kappa shape index (κ3) is 8.00. The van der Waals surface area contributed by atoms with E-state index >= 15 is 0 Å². The van der Waals surface area contributed by atoms with Crippen LogP contribution in [0, 0.1) is 26.1 Å². The average molecular weight is 529 g/mol. The van der Waals surface area contributed by atoms with Crippen LogP contribution in [0.25, 0.3) is 0 Å². The van der Waals surface area contributed by atoms with E-state index in [1.54, 1.807) is 0 Å². The van der Waals surface area contributed by atoms with Crippen molar-refractivity contribution in [2.75, 3.05) is 6.61 Å².